The zero-order chi connectivity index (χ0) is 13.5. The molecular formula is C16H26N2O. The van der Waals surface area contributed by atoms with Gasteiger partial charge in [-0.1, -0.05) is 12.1 Å². The minimum absolute atomic E-state index is 0.270. The van der Waals surface area contributed by atoms with Crippen molar-refractivity contribution in [3.8, 4) is 0 Å². The number of piperidine rings is 1. The Balaban J connectivity index is 1.81. The van der Waals surface area contributed by atoms with Gasteiger partial charge in [0.2, 0.25) is 0 Å². The van der Waals surface area contributed by atoms with E-state index in [2.05, 4.69) is 41.5 Å². The minimum Gasteiger partial charge on any atom is -0.396 e. The summed E-state index contributed by atoms with van der Waals surface area (Å²) in [5.74, 6) is 0.764. The van der Waals surface area contributed by atoms with Crippen LogP contribution < -0.4 is 5.32 Å². The Morgan fingerprint density at radius 2 is 2.32 bits per heavy atom. The molecule has 1 saturated heterocycles. The van der Waals surface area contributed by atoms with E-state index in [0.717, 1.165) is 25.3 Å². The van der Waals surface area contributed by atoms with Gasteiger partial charge in [0, 0.05) is 25.4 Å². The number of likely N-dealkylation sites (tertiary alicyclic amines) is 1. The zero-order valence-corrected chi connectivity index (χ0v) is 11.9. The Kier molecular flexibility index (Phi) is 5.67. The van der Waals surface area contributed by atoms with E-state index in [1.807, 2.05) is 0 Å². The van der Waals surface area contributed by atoms with Crippen LogP contribution in [0.4, 0.5) is 5.69 Å². The minimum atomic E-state index is 0.270. The SMILES string of the molecule is CN1CCCC(CNc2cccc(CCCO)c2)C1. The molecule has 106 valence electrons. The molecular weight excluding hydrogens is 236 g/mol. The van der Waals surface area contributed by atoms with E-state index < -0.39 is 0 Å². The highest BCUT2D eigenvalue weighted by Crippen LogP contribution is 2.17. The van der Waals surface area contributed by atoms with Crippen molar-refractivity contribution in [3.05, 3.63) is 29.8 Å². The Bertz CT molecular complexity index is 381. The van der Waals surface area contributed by atoms with Gasteiger partial charge >= 0.3 is 0 Å². The van der Waals surface area contributed by atoms with Crippen LogP contribution in [-0.2, 0) is 6.42 Å². The quantitative estimate of drug-likeness (QED) is 0.826. The molecule has 1 fully saturated rings. The monoisotopic (exact) mass is 262 g/mol. The van der Waals surface area contributed by atoms with Crippen LogP contribution in [0, 0.1) is 5.92 Å². The molecule has 2 N–H and O–H groups in total. The van der Waals surface area contributed by atoms with Gasteiger partial charge in [-0.05, 0) is 62.9 Å². The second-order valence-corrected chi connectivity index (χ2v) is 5.68. The molecule has 0 radical (unpaired) electrons. The number of nitrogens with zero attached hydrogens (tertiary/aromatic N) is 1. The van der Waals surface area contributed by atoms with E-state index >= 15 is 0 Å². The predicted octanol–water partition coefficient (Wildman–Crippen LogP) is 2.37. The van der Waals surface area contributed by atoms with Crippen molar-refractivity contribution in [2.75, 3.05) is 38.6 Å². The van der Waals surface area contributed by atoms with Gasteiger partial charge in [-0.25, -0.2) is 0 Å². The lowest BCUT2D eigenvalue weighted by Crippen LogP contribution is -2.35. The molecule has 2 rings (SSSR count). The summed E-state index contributed by atoms with van der Waals surface area (Å²) in [5.41, 5.74) is 2.52. The molecule has 0 bridgehead atoms. The third-order valence-electron chi connectivity index (χ3n) is 3.87. The lowest BCUT2D eigenvalue weighted by atomic mass is 9.98. The molecule has 0 amide bonds. The highest BCUT2D eigenvalue weighted by molar-refractivity contribution is 5.45. The maximum Gasteiger partial charge on any atom is 0.0434 e. The van der Waals surface area contributed by atoms with Crippen LogP contribution in [0.25, 0.3) is 0 Å². The number of hydrogen-bond acceptors (Lipinski definition) is 3. The van der Waals surface area contributed by atoms with Crippen molar-refractivity contribution in [1.82, 2.24) is 4.90 Å². The molecule has 1 atom stereocenters. The first-order valence-corrected chi connectivity index (χ1v) is 7.40. The lowest BCUT2D eigenvalue weighted by molar-refractivity contribution is 0.217. The number of aryl methyl sites for hydroxylation is 1. The van der Waals surface area contributed by atoms with Crippen molar-refractivity contribution in [3.63, 3.8) is 0 Å². The summed E-state index contributed by atoms with van der Waals surface area (Å²) in [6, 6.07) is 8.58. The van der Waals surface area contributed by atoms with Crippen LogP contribution in [0.2, 0.25) is 0 Å². The van der Waals surface area contributed by atoms with Gasteiger partial charge < -0.3 is 15.3 Å². The maximum absolute atomic E-state index is 8.87. The first-order chi connectivity index (χ1) is 9.28. The first kappa shape index (κ1) is 14.4. The smallest absolute Gasteiger partial charge is 0.0434 e. The maximum atomic E-state index is 8.87. The molecule has 1 aromatic rings. The second-order valence-electron chi connectivity index (χ2n) is 5.68. The Hall–Kier alpha value is -1.06. The molecule has 1 aromatic carbocycles. The van der Waals surface area contributed by atoms with Gasteiger partial charge in [0.15, 0.2) is 0 Å². The number of benzene rings is 1. The fourth-order valence-corrected chi connectivity index (χ4v) is 2.82. The summed E-state index contributed by atoms with van der Waals surface area (Å²) in [5, 5.41) is 12.4. The number of aliphatic hydroxyl groups excluding tert-OH is 1. The first-order valence-electron chi connectivity index (χ1n) is 7.40. The van der Waals surface area contributed by atoms with Crippen LogP contribution in [0.5, 0.6) is 0 Å². The van der Waals surface area contributed by atoms with Crippen LogP contribution in [0.15, 0.2) is 24.3 Å². The number of rotatable bonds is 6. The van der Waals surface area contributed by atoms with Gasteiger partial charge in [0.1, 0.15) is 0 Å². The summed E-state index contributed by atoms with van der Waals surface area (Å²) in [6.07, 6.45) is 4.45. The molecule has 19 heavy (non-hydrogen) atoms. The van der Waals surface area contributed by atoms with Crippen molar-refractivity contribution in [2.24, 2.45) is 5.92 Å². The fourth-order valence-electron chi connectivity index (χ4n) is 2.82. The molecule has 0 saturated carbocycles. The van der Waals surface area contributed by atoms with Crippen LogP contribution in [-0.4, -0.2) is 43.3 Å². The number of anilines is 1. The summed E-state index contributed by atoms with van der Waals surface area (Å²) in [6.45, 7) is 3.78. The average Bonchev–Trinajstić information content (AvgIpc) is 2.43. The molecule has 0 aliphatic carbocycles. The van der Waals surface area contributed by atoms with Crippen molar-refractivity contribution in [1.29, 1.82) is 0 Å². The molecule has 3 heteroatoms. The van der Waals surface area contributed by atoms with Gasteiger partial charge in [0.05, 0.1) is 0 Å². The van der Waals surface area contributed by atoms with Crippen LogP contribution in [0.3, 0.4) is 0 Å². The topological polar surface area (TPSA) is 35.5 Å². The summed E-state index contributed by atoms with van der Waals surface area (Å²) >= 11 is 0. The highest BCUT2D eigenvalue weighted by atomic mass is 16.2. The third-order valence-corrected chi connectivity index (χ3v) is 3.87. The highest BCUT2D eigenvalue weighted by Gasteiger charge is 2.16. The third kappa shape index (κ3) is 4.84. The standard InChI is InChI=1S/C16H26N2O/c1-18-9-3-6-15(13-18)12-17-16-8-2-5-14(11-16)7-4-10-19/h2,5,8,11,15,17,19H,3-4,6-7,9-10,12-13H2,1H3. The average molecular weight is 262 g/mol. The van der Waals surface area contributed by atoms with E-state index in [1.165, 1.54) is 37.2 Å². The molecule has 1 unspecified atom stereocenters. The van der Waals surface area contributed by atoms with Crippen molar-refractivity contribution < 1.29 is 5.11 Å². The van der Waals surface area contributed by atoms with Crippen LogP contribution in [0.1, 0.15) is 24.8 Å². The van der Waals surface area contributed by atoms with E-state index in [1.54, 1.807) is 0 Å². The second kappa shape index (κ2) is 7.51. The largest absolute Gasteiger partial charge is 0.396 e. The zero-order valence-electron chi connectivity index (χ0n) is 11.9. The van der Waals surface area contributed by atoms with E-state index in [-0.39, 0.29) is 6.61 Å². The normalized spacial score (nSPS) is 20.4. The Morgan fingerprint density at radius 3 is 3.11 bits per heavy atom. The number of nitrogens with one attached hydrogen (secondary N) is 1. The van der Waals surface area contributed by atoms with E-state index in [4.69, 9.17) is 5.11 Å². The lowest BCUT2D eigenvalue weighted by Gasteiger charge is -2.30. The van der Waals surface area contributed by atoms with Crippen molar-refractivity contribution in [2.45, 2.75) is 25.7 Å². The van der Waals surface area contributed by atoms with Crippen molar-refractivity contribution >= 4 is 5.69 Å². The predicted molar refractivity (Wildman–Crippen MR) is 80.6 cm³/mol. The van der Waals surface area contributed by atoms with Gasteiger partial charge in [-0.15, -0.1) is 0 Å². The summed E-state index contributed by atoms with van der Waals surface area (Å²) < 4.78 is 0. The molecule has 3 nitrogen and oxygen atoms in total. The number of aliphatic hydroxyl groups is 1. The van der Waals surface area contributed by atoms with Gasteiger partial charge in [-0.2, -0.15) is 0 Å². The fraction of sp³-hybridized carbons (Fsp3) is 0.625. The molecule has 1 heterocycles. The molecule has 0 spiro atoms. The summed E-state index contributed by atoms with van der Waals surface area (Å²) in [7, 11) is 2.21. The Labute approximate surface area is 116 Å². The van der Waals surface area contributed by atoms with E-state index in [9.17, 15) is 0 Å². The molecule has 0 aromatic heterocycles. The van der Waals surface area contributed by atoms with Gasteiger partial charge in [-0.3, -0.25) is 0 Å². The number of hydrogen-bond donors (Lipinski definition) is 2. The van der Waals surface area contributed by atoms with Gasteiger partial charge in [0.25, 0.3) is 0 Å². The summed E-state index contributed by atoms with van der Waals surface area (Å²) in [4.78, 5) is 2.42. The molecule has 1 aliphatic rings. The Morgan fingerprint density at radius 1 is 1.42 bits per heavy atom. The van der Waals surface area contributed by atoms with E-state index in [0.29, 0.717) is 0 Å². The molecule has 1 aliphatic heterocycles. The van der Waals surface area contributed by atoms with Crippen LogP contribution >= 0.6 is 0 Å².